The number of nitrogens with one attached hydrogen (secondary N) is 2. The minimum atomic E-state index is -4.52. The van der Waals surface area contributed by atoms with Gasteiger partial charge in [-0.1, -0.05) is 11.2 Å². The molecule has 0 aliphatic carbocycles. The van der Waals surface area contributed by atoms with Crippen LogP contribution >= 0.6 is 11.3 Å². The van der Waals surface area contributed by atoms with Crippen molar-refractivity contribution in [3.63, 3.8) is 0 Å². The molecule has 2 N–H and O–H groups in total. The summed E-state index contributed by atoms with van der Waals surface area (Å²) in [5.74, 6) is -0.0428. The second kappa shape index (κ2) is 10.0. The maximum atomic E-state index is 13.1. The second-order valence-electron chi connectivity index (χ2n) is 7.32. The molecule has 0 saturated heterocycles. The Morgan fingerprint density at radius 1 is 1.09 bits per heavy atom. The Kier molecular flexibility index (Phi) is 6.87. The van der Waals surface area contributed by atoms with Crippen molar-refractivity contribution in [3.05, 3.63) is 75.8 Å². The van der Waals surface area contributed by atoms with Crippen molar-refractivity contribution < 1.29 is 27.3 Å². The highest BCUT2D eigenvalue weighted by Gasteiger charge is 2.32. The minimum Gasteiger partial charge on any atom is -0.363 e. The third kappa shape index (κ3) is 6.06. The van der Waals surface area contributed by atoms with E-state index in [0.29, 0.717) is 16.6 Å². The summed E-state index contributed by atoms with van der Waals surface area (Å²) < 4.78 is 44.0. The third-order valence-electron chi connectivity index (χ3n) is 4.79. The van der Waals surface area contributed by atoms with Crippen LogP contribution < -0.4 is 10.6 Å². The molecule has 35 heavy (non-hydrogen) atoms. The van der Waals surface area contributed by atoms with Crippen molar-refractivity contribution in [2.45, 2.75) is 25.9 Å². The van der Waals surface area contributed by atoms with Crippen LogP contribution in [-0.4, -0.2) is 31.8 Å². The summed E-state index contributed by atoms with van der Waals surface area (Å²) in [5, 5.41) is 9.56. The lowest BCUT2D eigenvalue weighted by molar-refractivity contribution is -0.138. The first-order chi connectivity index (χ1) is 16.7. The van der Waals surface area contributed by atoms with Crippen molar-refractivity contribution in [3.8, 4) is 0 Å². The van der Waals surface area contributed by atoms with E-state index in [1.807, 2.05) is 0 Å². The number of hydrogen-bond acceptors (Lipinski definition) is 9. The van der Waals surface area contributed by atoms with Crippen LogP contribution in [0.25, 0.3) is 0 Å². The fraction of sp³-hybridized carbons (Fsp3) is 0.182. The number of rotatable bonds is 8. The molecule has 9 nitrogen and oxygen atoms in total. The summed E-state index contributed by atoms with van der Waals surface area (Å²) in [6, 6.07) is 6.65. The van der Waals surface area contributed by atoms with E-state index in [0.717, 1.165) is 17.4 Å². The fourth-order valence-electron chi connectivity index (χ4n) is 3.06. The molecule has 0 fully saturated rings. The number of anilines is 3. The molecule has 1 aromatic carbocycles. The lowest BCUT2D eigenvalue weighted by Crippen LogP contribution is -2.13. The standard InChI is InChI=1S/C22H17F3N6O3S/c1-12-2-3-13(8-14(12)22(23,24)25)29-21(33)17-10-26-20(35-17)5-4-16(32)15-9-19(28-11-27-15)30-18-6-7-34-31-18/h2-3,6-11H,4-5H2,1H3,(H,29,33)(H,27,28,30,31). The number of ketones is 1. The number of carbonyl (C=O) groups excluding carboxylic acids is 2. The van der Waals surface area contributed by atoms with Gasteiger partial charge in [0.2, 0.25) is 0 Å². The molecule has 0 radical (unpaired) electrons. The molecule has 1 amide bonds. The lowest BCUT2D eigenvalue weighted by Gasteiger charge is -2.12. The largest absolute Gasteiger partial charge is 0.416 e. The Balaban J connectivity index is 1.35. The monoisotopic (exact) mass is 502 g/mol. The molecule has 0 saturated carbocycles. The van der Waals surface area contributed by atoms with Gasteiger partial charge in [0.25, 0.3) is 5.91 Å². The first kappa shape index (κ1) is 24.0. The van der Waals surface area contributed by atoms with E-state index in [-0.39, 0.29) is 40.4 Å². The van der Waals surface area contributed by atoms with Crippen molar-refractivity contribution in [2.24, 2.45) is 0 Å². The Labute approximate surface area is 200 Å². The Morgan fingerprint density at radius 3 is 2.66 bits per heavy atom. The summed E-state index contributed by atoms with van der Waals surface area (Å²) in [5.41, 5.74) is -0.537. The van der Waals surface area contributed by atoms with E-state index in [4.69, 9.17) is 4.52 Å². The van der Waals surface area contributed by atoms with E-state index in [1.165, 1.54) is 43.9 Å². The van der Waals surface area contributed by atoms with Gasteiger partial charge in [0.1, 0.15) is 29.0 Å². The van der Waals surface area contributed by atoms with E-state index in [9.17, 15) is 22.8 Å². The van der Waals surface area contributed by atoms with Gasteiger partial charge < -0.3 is 15.2 Å². The van der Waals surface area contributed by atoms with Gasteiger partial charge in [0, 0.05) is 30.7 Å². The van der Waals surface area contributed by atoms with Crippen molar-refractivity contribution in [1.29, 1.82) is 0 Å². The quantitative estimate of drug-likeness (QED) is 0.321. The molecule has 4 aromatic rings. The number of carbonyl (C=O) groups is 2. The zero-order chi connectivity index (χ0) is 25.0. The van der Waals surface area contributed by atoms with Crippen LogP contribution in [-0.2, 0) is 12.6 Å². The second-order valence-corrected chi connectivity index (χ2v) is 8.44. The predicted molar refractivity (Wildman–Crippen MR) is 121 cm³/mol. The van der Waals surface area contributed by atoms with E-state index in [1.54, 1.807) is 6.07 Å². The molecule has 3 aromatic heterocycles. The molecular weight excluding hydrogens is 485 g/mol. The zero-order valence-corrected chi connectivity index (χ0v) is 18.9. The number of hydrogen-bond donors (Lipinski definition) is 2. The summed E-state index contributed by atoms with van der Waals surface area (Å²) >= 11 is 1.05. The number of nitrogens with zero attached hydrogens (tertiary/aromatic N) is 4. The highest BCUT2D eigenvalue weighted by atomic mass is 32.1. The number of aromatic nitrogens is 4. The SMILES string of the molecule is Cc1ccc(NC(=O)c2cnc(CCC(=O)c3cc(Nc4ccon4)ncn3)s2)cc1C(F)(F)F. The maximum absolute atomic E-state index is 13.1. The Hall–Kier alpha value is -4.13. The molecule has 180 valence electrons. The maximum Gasteiger partial charge on any atom is 0.416 e. The van der Waals surface area contributed by atoms with Crippen LogP contribution in [0.1, 0.15) is 42.7 Å². The zero-order valence-electron chi connectivity index (χ0n) is 18.1. The number of aryl methyl sites for hydroxylation is 2. The molecule has 0 unspecified atom stereocenters. The van der Waals surface area contributed by atoms with Gasteiger partial charge in [-0.15, -0.1) is 11.3 Å². The Bertz CT molecular complexity index is 1350. The number of alkyl halides is 3. The van der Waals surface area contributed by atoms with Gasteiger partial charge in [-0.25, -0.2) is 15.0 Å². The van der Waals surface area contributed by atoms with E-state index >= 15 is 0 Å². The third-order valence-corrected chi connectivity index (χ3v) is 5.85. The average Bonchev–Trinajstić information content (AvgIpc) is 3.50. The molecule has 13 heteroatoms. The highest BCUT2D eigenvalue weighted by Crippen LogP contribution is 2.33. The number of Topliss-reactive ketones (excluding diaryl/α,β-unsaturated/α-hetero) is 1. The average molecular weight is 502 g/mol. The molecule has 0 aliphatic heterocycles. The molecule has 3 heterocycles. The summed E-state index contributed by atoms with van der Waals surface area (Å²) in [7, 11) is 0. The Morgan fingerprint density at radius 2 is 1.91 bits per heavy atom. The van der Waals surface area contributed by atoms with Gasteiger partial charge in [-0.2, -0.15) is 13.2 Å². The first-order valence-electron chi connectivity index (χ1n) is 10.2. The number of benzene rings is 1. The van der Waals surface area contributed by atoms with E-state index in [2.05, 4.69) is 30.7 Å². The topological polar surface area (TPSA) is 123 Å². The predicted octanol–water partition coefficient (Wildman–Crippen LogP) is 5.06. The molecular formula is C22H17F3N6O3S. The van der Waals surface area contributed by atoms with Gasteiger partial charge >= 0.3 is 6.18 Å². The van der Waals surface area contributed by atoms with Crippen LogP contribution in [0.15, 0.2) is 53.6 Å². The summed E-state index contributed by atoms with van der Waals surface area (Å²) in [4.78, 5) is 37.4. The summed E-state index contributed by atoms with van der Waals surface area (Å²) in [6.07, 6.45) is -0.220. The van der Waals surface area contributed by atoms with Crippen LogP contribution in [0.5, 0.6) is 0 Å². The smallest absolute Gasteiger partial charge is 0.363 e. The fourth-order valence-corrected chi connectivity index (χ4v) is 3.88. The van der Waals surface area contributed by atoms with Crippen molar-refractivity contribution >= 4 is 40.4 Å². The van der Waals surface area contributed by atoms with Gasteiger partial charge in [0.15, 0.2) is 11.6 Å². The van der Waals surface area contributed by atoms with Crippen LogP contribution in [0.2, 0.25) is 0 Å². The number of thiazole rings is 1. The van der Waals surface area contributed by atoms with E-state index < -0.39 is 17.6 Å². The minimum absolute atomic E-state index is 0.0249. The number of halogens is 3. The van der Waals surface area contributed by atoms with Gasteiger partial charge in [0.05, 0.1) is 16.8 Å². The molecule has 0 bridgehead atoms. The highest BCUT2D eigenvalue weighted by molar-refractivity contribution is 7.13. The van der Waals surface area contributed by atoms with Crippen molar-refractivity contribution in [1.82, 2.24) is 20.1 Å². The van der Waals surface area contributed by atoms with Gasteiger partial charge in [-0.05, 0) is 24.6 Å². The summed E-state index contributed by atoms with van der Waals surface area (Å²) in [6.45, 7) is 1.35. The first-order valence-corrected chi connectivity index (χ1v) is 11.0. The number of amides is 1. The normalized spacial score (nSPS) is 11.3. The van der Waals surface area contributed by atoms with Crippen LogP contribution in [0.4, 0.5) is 30.5 Å². The molecule has 0 atom stereocenters. The molecule has 4 rings (SSSR count). The lowest BCUT2D eigenvalue weighted by atomic mass is 10.1. The molecule has 0 aliphatic rings. The van der Waals surface area contributed by atoms with Crippen molar-refractivity contribution in [2.75, 3.05) is 10.6 Å². The molecule has 0 spiro atoms. The van der Waals surface area contributed by atoms with Crippen LogP contribution in [0.3, 0.4) is 0 Å². The van der Waals surface area contributed by atoms with Gasteiger partial charge in [-0.3, -0.25) is 9.59 Å². The van der Waals surface area contributed by atoms with Crippen LogP contribution in [0, 0.1) is 6.92 Å².